The van der Waals surface area contributed by atoms with Crippen LogP contribution in [0.15, 0.2) is 24.3 Å². The van der Waals surface area contributed by atoms with Crippen LogP contribution in [0, 0.1) is 5.82 Å². The summed E-state index contributed by atoms with van der Waals surface area (Å²) in [5.41, 5.74) is 0.386. The normalized spacial score (nSPS) is 11.7. The van der Waals surface area contributed by atoms with E-state index in [0.717, 1.165) is 0 Å². The average Bonchev–Trinajstić information content (AvgIpc) is 2.28. The van der Waals surface area contributed by atoms with Gasteiger partial charge in [-0.05, 0) is 25.1 Å². The lowest BCUT2D eigenvalue weighted by molar-refractivity contribution is -0.120. The molecule has 0 aliphatic rings. The Morgan fingerprint density at radius 1 is 1.44 bits per heavy atom. The molecule has 98 valence electrons. The Morgan fingerprint density at radius 3 is 2.78 bits per heavy atom. The predicted molar refractivity (Wildman–Crippen MR) is 68.0 cm³/mol. The van der Waals surface area contributed by atoms with Crippen LogP contribution in [0.1, 0.15) is 13.3 Å². The monoisotopic (exact) mass is 272 g/mol. The number of hydrogen-bond donors (Lipinski definition) is 2. The maximum absolute atomic E-state index is 12.8. The molecule has 0 aliphatic carbocycles. The highest BCUT2D eigenvalue weighted by Crippen LogP contribution is 2.09. The Balaban J connectivity index is 2.32. The van der Waals surface area contributed by atoms with Gasteiger partial charge in [-0.1, -0.05) is 6.07 Å². The Bertz CT molecular complexity index is 438. The quantitative estimate of drug-likeness (QED) is 0.805. The number of carbonyl (C=O) groups excluding carboxylic acids is 2. The van der Waals surface area contributed by atoms with E-state index in [2.05, 4.69) is 10.6 Å². The molecule has 0 aromatic heterocycles. The highest BCUT2D eigenvalue weighted by atomic mass is 35.5. The standard InChI is InChI=1S/C12H14ClFN2O2/c1-8(13)12(18)15-6-5-11(17)16-10-4-2-3-9(14)7-10/h2-4,7-8H,5-6H2,1H3,(H,15,18)(H,16,17)/t8-/m0/s1. The fourth-order valence-electron chi connectivity index (χ4n) is 1.23. The maximum Gasteiger partial charge on any atom is 0.237 e. The molecule has 0 aliphatic heterocycles. The fourth-order valence-corrected chi connectivity index (χ4v) is 1.31. The number of nitrogens with one attached hydrogen (secondary N) is 2. The molecule has 0 bridgehead atoms. The Kier molecular flexibility index (Phi) is 5.58. The molecule has 1 aromatic carbocycles. The van der Waals surface area contributed by atoms with Gasteiger partial charge >= 0.3 is 0 Å². The molecule has 1 aromatic rings. The van der Waals surface area contributed by atoms with Crippen LogP contribution in [0.25, 0.3) is 0 Å². The van der Waals surface area contributed by atoms with Crippen LogP contribution in [0.5, 0.6) is 0 Å². The molecule has 18 heavy (non-hydrogen) atoms. The number of hydrogen-bond acceptors (Lipinski definition) is 2. The summed E-state index contributed by atoms with van der Waals surface area (Å²) in [5.74, 6) is -1.05. The van der Waals surface area contributed by atoms with Crippen molar-refractivity contribution in [1.82, 2.24) is 5.32 Å². The van der Waals surface area contributed by atoms with Gasteiger partial charge in [-0.25, -0.2) is 4.39 Å². The van der Waals surface area contributed by atoms with E-state index in [9.17, 15) is 14.0 Å². The maximum atomic E-state index is 12.8. The second-order valence-electron chi connectivity index (χ2n) is 3.72. The minimum Gasteiger partial charge on any atom is -0.354 e. The van der Waals surface area contributed by atoms with Crippen LogP contribution in [-0.2, 0) is 9.59 Å². The number of anilines is 1. The zero-order chi connectivity index (χ0) is 13.5. The van der Waals surface area contributed by atoms with Crippen LogP contribution in [0.3, 0.4) is 0 Å². The van der Waals surface area contributed by atoms with E-state index in [0.29, 0.717) is 5.69 Å². The predicted octanol–water partition coefficient (Wildman–Crippen LogP) is 1.90. The van der Waals surface area contributed by atoms with Gasteiger partial charge in [0, 0.05) is 18.7 Å². The van der Waals surface area contributed by atoms with Crippen molar-refractivity contribution in [3.8, 4) is 0 Å². The van der Waals surface area contributed by atoms with Crippen molar-refractivity contribution in [3.05, 3.63) is 30.1 Å². The van der Waals surface area contributed by atoms with Gasteiger partial charge in [0.05, 0.1) is 0 Å². The first-order valence-electron chi connectivity index (χ1n) is 5.46. The average molecular weight is 273 g/mol. The van der Waals surface area contributed by atoms with E-state index in [1.807, 2.05) is 0 Å². The Labute approximate surface area is 110 Å². The first-order valence-corrected chi connectivity index (χ1v) is 5.90. The third-order valence-corrected chi connectivity index (χ3v) is 2.32. The van der Waals surface area contributed by atoms with Crippen molar-refractivity contribution in [2.45, 2.75) is 18.7 Å². The molecule has 0 fully saturated rings. The molecule has 2 N–H and O–H groups in total. The van der Waals surface area contributed by atoms with Crippen molar-refractivity contribution in [1.29, 1.82) is 0 Å². The SMILES string of the molecule is C[C@H](Cl)C(=O)NCCC(=O)Nc1cccc(F)c1. The van der Waals surface area contributed by atoms with Crippen molar-refractivity contribution in [3.63, 3.8) is 0 Å². The molecule has 0 spiro atoms. The summed E-state index contributed by atoms with van der Waals surface area (Å²) in [7, 11) is 0. The number of benzene rings is 1. The van der Waals surface area contributed by atoms with Gasteiger partial charge in [0.15, 0.2) is 0 Å². The van der Waals surface area contributed by atoms with Crippen molar-refractivity contribution < 1.29 is 14.0 Å². The first kappa shape index (κ1) is 14.4. The third-order valence-electron chi connectivity index (χ3n) is 2.12. The second kappa shape index (κ2) is 6.96. The smallest absolute Gasteiger partial charge is 0.237 e. The van der Waals surface area contributed by atoms with Gasteiger partial charge in [-0.15, -0.1) is 11.6 Å². The number of alkyl halides is 1. The lowest BCUT2D eigenvalue weighted by Gasteiger charge is -2.07. The zero-order valence-electron chi connectivity index (χ0n) is 9.87. The number of halogens is 2. The van der Waals surface area contributed by atoms with Crippen LogP contribution in [0.4, 0.5) is 10.1 Å². The Hall–Kier alpha value is -1.62. The van der Waals surface area contributed by atoms with E-state index in [-0.39, 0.29) is 24.8 Å². The van der Waals surface area contributed by atoms with Gasteiger partial charge in [0.2, 0.25) is 11.8 Å². The lowest BCUT2D eigenvalue weighted by atomic mass is 10.3. The molecule has 6 heteroatoms. The molecular formula is C12H14ClFN2O2. The number of carbonyl (C=O) groups is 2. The van der Waals surface area contributed by atoms with Gasteiger partial charge in [0.1, 0.15) is 11.2 Å². The Morgan fingerprint density at radius 2 is 2.17 bits per heavy atom. The van der Waals surface area contributed by atoms with Crippen LogP contribution in [-0.4, -0.2) is 23.7 Å². The van der Waals surface area contributed by atoms with Crippen LogP contribution < -0.4 is 10.6 Å². The minimum absolute atomic E-state index is 0.103. The highest BCUT2D eigenvalue weighted by molar-refractivity contribution is 6.30. The third kappa shape index (κ3) is 5.14. The summed E-state index contributed by atoms with van der Waals surface area (Å²) in [6, 6.07) is 5.59. The molecule has 0 saturated carbocycles. The topological polar surface area (TPSA) is 58.2 Å². The molecule has 0 unspecified atom stereocenters. The zero-order valence-corrected chi connectivity index (χ0v) is 10.6. The molecule has 1 atom stereocenters. The molecule has 2 amide bonds. The fraction of sp³-hybridized carbons (Fsp3) is 0.333. The summed E-state index contributed by atoms with van der Waals surface area (Å²) < 4.78 is 12.8. The van der Waals surface area contributed by atoms with E-state index in [1.165, 1.54) is 18.2 Å². The van der Waals surface area contributed by atoms with E-state index >= 15 is 0 Å². The summed E-state index contributed by atoms with van der Waals surface area (Å²) in [6.45, 7) is 1.74. The minimum atomic E-state index is -0.628. The molecule has 1 rings (SSSR count). The van der Waals surface area contributed by atoms with Crippen molar-refractivity contribution >= 4 is 29.1 Å². The molecule has 0 heterocycles. The largest absolute Gasteiger partial charge is 0.354 e. The molecule has 4 nitrogen and oxygen atoms in total. The van der Waals surface area contributed by atoms with Crippen LogP contribution in [0.2, 0.25) is 0 Å². The summed E-state index contributed by atoms with van der Waals surface area (Å²) in [5, 5.41) is 4.40. The van der Waals surface area contributed by atoms with Gasteiger partial charge in [-0.3, -0.25) is 9.59 Å². The van der Waals surface area contributed by atoms with Gasteiger partial charge in [0.25, 0.3) is 0 Å². The summed E-state index contributed by atoms with van der Waals surface area (Å²) in [4.78, 5) is 22.6. The summed E-state index contributed by atoms with van der Waals surface area (Å²) in [6.07, 6.45) is 0.103. The summed E-state index contributed by atoms with van der Waals surface area (Å²) >= 11 is 5.54. The molecule has 0 radical (unpaired) electrons. The van der Waals surface area contributed by atoms with E-state index in [4.69, 9.17) is 11.6 Å². The highest BCUT2D eigenvalue weighted by Gasteiger charge is 2.09. The first-order chi connectivity index (χ1) is 8.49. The van der Waals surface area contributed by atoms with E-state index in [1.54, 1.807) is 13.0 Å². The lowest BCUT2D eigenvalue weighted by Crippen LogP contribution is -2.32. The van der Waals surface area contributed by atoms with Gasteiger partial charge < -0.3 is 10.6 Å². The van der Waals surface area contributed by atoms with Gasteiger partial charge in [-0.2, -0.15) is 0 Å². The van der Waals surface area contributed by atoms with E-state index < -0.39 is 11.2 Å². The number of amides is 2. The number of rotatable bonds is 5. The van der Waals surface area contributed by atoms with Crippen molar-refractivity contribution in [2.24, 2.45) is 0 Å². The van der Waals surface area contributed by atoms with Crippen LogP contribution >= 0.6 is 11.6 Å². The van der Waals surface area contributed by atoms with Crippen molar-refractivity contribution in [2.75, 3.05) is 11.9 Å². The molecular weight excluding hydrogens is 259 g/mol. The molecule has 0 saturated heterocycles. The second-order valence-corrected chi connectivity index (χ2v) is 4.37.